The minimum absolute atomic E-state index is 0.129. The fourth-order valence-electron chi connectivity index (χ4n) is 3.04. The first-order chi connectivity index (χ1) is 12.6. The third kappa shape index (κ3) is 3.11. The van der Waals surface area contributed by atoms with E-state index in [1.807, 2.05) is 36.4 Å². The van der Waals surface area contributed by atoms with E-state index in [0.29, 0.717) is 10.7 Å². The van der Waals surface area contributed by atoms with Gasteiger partial charge in [0.1, 0.15) is 0 Å². The third-order valence-corrected chi connectivity index (χ3v) is 5.23. The second-order valence-corrected chi connectivity index (χ2v) is 7.14. The first-order valence-electron chi connectivity index (χ1n) is 8.47. The van der Waals surface area contributed by atoms with E-state index in [-0.39, 0.29) is 11.5 Å². The van der Waals surface area contributed by atoms with Gasteiger partial charge in [-0.2, -0.15) is 0 Å². The molecule has 130 valence electrons. The summed E-state index contributed by atoms with van der Waals surface area (Å²) in [6, 6.07) is 14.9. The van der Waals surface area contributed by atoms with Crippen molar-refractivity contribution in [2.75, 3.05) is 5.32 Å². The molecule has 2 heterocycles. The largest absolute Gasteiger partial charge is 0.322 e. The fourth-order valence-corrected chi connectivity index (χ4v) is 3.90. The first kappa shape index (κ1) is 16.5. The molecule has 2 aromatic carbocycles. The van der Waals surface area contributed by atoms with Gasteiger partial charge in [-0.05, 0) is 36.2 Å². The molecule has 0 saturated heterocycles. The highest BCUT2D eigenvalue weighted by Crippen LogP contribution is 2.24. The number of pyridine rings is 1. The molecule has 0 bridgehead atoms. The van der Waals surface area contributed by atoms with Crippen LogP contribution in [0.4, 0.5) is 5.69 Å². The predicted octanol–water partition coefficient (Wildman–Crippen LogP) is 4.34. The Labute approximate surface area is 153 Å². The zero-order valence-electron chi connectivity index (χ0n) is 14.2. The molecule has 2 aromatic heterocycles. The Bertz CT molecular complexity index is 1140. The Morgan fingerprint density at radius 3 is 2.85 bits per heavy atom. The number of fused-ring (bicyclic) bond motifs is 2. The van der Waals surface area contributed by atoms with Crippen LogP contribution in [0.3, 0.4) is 0 Å². The zero-order valence-corrected chi connectivity index (χ0v) is 15.0. The predicted molar refractivity (Wildman–Crippen MR) is 106 cm³/mol. The van der Waals surface area contributed by atoms with Crippen LogP contribution in [0.25, 0.3) is 21.1 Å². The Kier molecular flexibility index (Phi) is 4.26. The molecule has 0 atom stereocenters. The number of carbonyl (C=O) groups is 1. The van der Waals surface area contributed by atoms with Crippen LogP contribution < -0.4 is 10.9 Å². The molecular weight excluding hydrogens is 346 g/mol. The van der Waals surface area contributed by atoms with Crippen LogP contribution >= 0.6 is 11.3 Å². The molecule has 0 unspecified atom stereocenters. The quantitative estimate of drug-likeness (QED) is 0.566. The first-order valence-corrected chi connectivity index (χ1v) is 9.28. The molecule has 4 rings (SSSR count). The van der Waals surface area contributed by atoms with Crippen LogP contribution in [0.2, 0.25) is 0 Å². The highest BCUT2D eigenvalue weighted by atomic mass is 32.1. The molecule has 0 aliphatic rings. The minimum Gasteiger partial charge on any atom is -0.322 e. The molecule has 0 spiro atoms. The number of aromatic nitrogens is 2. The molecule has 0 radical (unpaired) electrons. The second-order valence-electron chi connectivity index (χ2n) is 6.11. The van der Waals surface area contributed by atoms with Gasteiger partial charge in [-0.1, -0.05) is 31.5 Å². The lowest BCUT2D eigenvalue weighted by Crippen LogP contribution is -2.12. The highest BCUT2D eigenvalue weighted by Gasteiger charge is 2.13. The number of hydrogen-bond acceptors (Lipinski definition) is 4. The number of amides is 1. The van der Waals surface area contributed by atoms with Gasteiger partial charge in [0, 0.05) is 17.1 Å². The zero-order chi connectivity index (χ0) is 18.1. The number of hydrogen-bond donors (Lipinski definition) is 2. The molecule has 6 heteroatoms. The number of benzene rings is 2. The molecule has 0 fully saturated rings. The van der Waals surface area contributed by atoms with Crippen molar-refractivity contribution in [3.05, 3.63) is 69.5 Å². The lowest BCUT2D eigenvalue weighted by Gasteiger charge is -2.08. The van der Waals surface area contributed by atoms with Crippen molar-refractivity contribution in [2.24, 2.45) is 0 Å². The number of carbonyl (C=O) groups excluding carboxylic acids is 1. The number of aryl methyl sites for hydroxylation is 1. The SMILES string of the molecule is CCCc1cc(=O)[nH]c2cc(NC(=O)c3nc4ccccc4s3)ccc12. The van der Waals surface area contributed by atoms with Crippen molar-refractivity contribution in [2.45, 2.75) is 19.8 Å². The second kappa shape index (κ2) is 6.72. The van der Waals surface area contributed by atoms with Gasteiger partial charge in [0.2, 0.25) is 5.56 Å². The molecule has 0 aliphatic heterocycles. The average Bonchev–Trinajstić information content (AvgIpc) is 3.06. The van der Waals surface area contributed by atoms with Gasteiger partial charge in [0.25, 0.3) is 5.91 Å². The standard InChI is InChI=1S/C20H17N3O2S/c1-2-5-12-10-18(24)22-16-11-13(8-9-14(12)16)21-19(25)20-23-15-6-3-4-7-17(15)26-20/h3-4,6-11H,2,5H2,1H3,(H,21,25)(H,22,24). The Balaban J connectivity index is 1.66. The lowest BCUT2D eigenvalue weighted by atomic mass is 10.0. The summed E-state index contributed by atoms with van der Waals surface area (Å²) in [4.78, 5) is 31.6. The van der Waals surface area contributed by atoms with E-state index in [1.54, 1.807) is 12.1 Å². The smallest absolute Gasteiger partial charge is 0.284 e. The van der Waals surface area contributed by atoms with E-state index in [4.69, 9.17) is 0 Å². The van der Waals surface area contributed by atoms with Crippen molar-refractivity contribution >= 4 is 44.1 Å². The van der Waals surface area contributed by atoms with Crippen molar-refractivity contribution in [1.29, 1.82) is 0 Å². The van der Waals surface area contributed by atoms with Crippen LogP contribution in [0.5, 0.6) is 0 Å². The summed E-state index contributed by atoms with van der Waals surface area (Å²) < 4.78 is 0.977. The van der Waals surface area contributed by atoms with Gasteiger partial charge < -0.3 is 10.3 Å². The summed E-state index contributed by atoms with van der Waals surface area (Å²) in [6.07, 6.45) is 1.81. The minimum atomic E-state index is -0.252. The maximum absolute atomic E-state index is 12.5. The summed E-state index contributed by atoms with van der Waals surface area (Å²) in [5.74, 6) is -0.252. The van der Waals surface area contributed by atoms with Gasteiger partial charge in [0.15, 0.2) is 5.01 Å². The van der Waals surface area contributed by atoms with E-state index in [2.05, 4.69) is 22.2 Å². The maximum atomic E-state index is 12.5. The summed E-state index contributed by atoms with van der Waals surface area (Å²) in [5, 5.41) is 4.29. The normalized spacial score (nSPS) is 11.1. The van der Waals surface area contributed by atoms with E-state index >= 15 is 0 Å². The highest BCUT2D eigenvalue weighted by molar-refractivity contribution is 7.20. The van der Waals surface area contributed by atoms with Crippen LogP contribution in [0.15, 0.2) is 53.3 Å². The van der Waals surface area contributed by atoms with Crippen LogP contribution in [-0.4, -0.2) is 15.9 Å². The molecule has 1 amide bonds. The summed E-state index contributed by atoms with van der Waals surface area (Å²) in [7, 11) is 0. The van der Waals surface area contributed by atoms with Gasteiger partial charge in [-0.25, -0.2) is 4.98 Å². The number of aromatic amines is 1. The molecule has 26 heavy (non-hydrogen) atoms. The van der Waals surface area contributed by atoms with Crippen LogP contribution in [-0.2, 0) is 6.42 Å². The maximum Gasteiger partial charge on any atom is 0.284 e. The number of nitrogens with one attached hydrogen (secondary N) is 2. The van der Waals surface area contributed by atoms with Crippen LogP contribution in [0, 0.1) is 0 Å². The van der Waals surface area contributed by atoms with Gasteiger partial charge in [-0.3, -0.25) is 9.59 Å². The Hall–Kier alpha value is -2.99. The Morgan fingerprint density at radius 1 is 1.19 bits per heavy atom. The molecule has 2 N–H and O–H groups in total. The summed E-state index contributed by atoms with van der Waals surface area (Å²) in [5.41, 5.74) is 3.06. The lowest BCUT2D eigenvalue weighted by molar-refractivity contribution is 0.102. The van der Waals surface area contributed by atoms with Gasteiger partial charge >= 0.3 is 0 Å². The molecule has 5 nitrogen and oxygen atoms in total. The van der Waals surface area contributed by atoms with Crippen molar-refractivity contribution < 1.29 is 4.79 Å². The number of H-pyrrole nitrogens is 1. The van der Waals surface area contributed by atoms with Gasteiger partial charge in [-0.15, -0.1) is 11.3 Å². The average molecular weight is 363 g/mol. The Morgan fingerprint density at radius 2 is 2.04 bits per heavy atom. The summed E-state index contributed by atoms with van der Waals surface area (Å²) in [6.45, 7) is 2.08. The third-order valence-electron chi connectivity index (χ3n) is 4.19. The number of rotatable bonds is 4. The van der Waals surface area contributed by atoms with E-state index in [9.17, 15) is 9.59 Å². The number of thiazole rings is 1. The number of anilines is 1. The molecule has 0 saturated carbocycles. The number of para-hydroxylation sites is 1. The van der Waals surface area contributed by atoms with E-state index < -0.39 is 0 Å². The molecule has 4 aromatic rings. The topological polar surface area (TPSA) is 74.8 Å². The fraction of sp³-hybridized carbons (Fsp3) is 0.150. The van der Waals surface area contributed by atoms with Crippen molar-refractivity contribution in [1.82, 2.24) is 9.97 Å². The van der Waals surface area contributed by atoms with Crippen molar-refractivity contribution in [3.8, 4) is 0 Å². The van der Waals surface area contributed by atoms with Crippen molar-refractivity contribution in [3.63, 3.8) is 0 Å². The summed E-state index contributed by atoms with van der Waals surface area (Å²) >= 11 is 1.36. The monoisotopic (exact) mass is 363 g/mol. The molecule has 0 aliphatic carbocycles. The number of nitrogens with zero attached hydrogens (tertiary/aromatic N) is 1. The van der Waals surface area contributed by atoms with E-state index in [0.717, 1.165) is 39.5 Å². The van der Waals surface area contributed by atoms with Crippen LogP contribution in [0.1, 0.15) is 28.7 Å². The molecular formula is C20H17N3O2S. The van der Waals surface area contributed by atoms with Gasteiger partial charge in [0.05, 0.1) is 15.7 Å². The van der Waals surface area contributed by atoms with E-state index in [1.165, 1.54) is 11.3 Å².